The molecule has 0 amide bonds. The van der Waals surface area contributed by atoms with Gasteiger partial charge in [-0.1, -0.05) is 30.3 Å². The topological polar surface area (TPSA) is 3.24 Å². The van der Waals surface area contributed by atoms with E-state index < -0.39 is 0 Å². The van der Waals surface area contributed by atoms with Crippen LogP contribution in [0.15, 0.2) is 30.3 Å². The van der Waals surface area contributed by atoms with Crippen LogP contribution in [0.4, 0.5) is 0 Å². The molecular formula is C13H17N. The molecule has 2 aliphatic heterocycles. The second-order valence-electron chi connectivity index (χ2n) is 4.59. The molecule has 1 aromatic rings. The summed E-state index contributed by atoms with van der Waals surface area (Å²) in [5.41, 5.74) is 1.99. The molecule has 0 radical (unpaired) electrons. The van der Waals surface area contributed by atoms with Crippen molar-refractivity contribution in [3.05, 3.63) is 35.9 Å². The second-order valence-corrected chi connectivity index (χ2v) is 4.59. The average Bonchev–Trinajstić information content (AvgIpc) is 2.22. The normalized spacial score (nSPS) is 32.0. The summed E-state index contributed by atoms with van der Waals surface area (Å²) >= 11 is 0. The zero-order valence-electron chi connectivity index (χ0n) is 8.58. The molecule has 3 rings (SSSR count). The minimum Gasteiger partial charge on any atom is -0.293 e. The van der Waals surface area contributed by atoms with Crippen LogP contribution in [0.1, 0.15) is 31.2 Å². The van der Waals surface area contributed by atoms with Crippen molar-refractivity contribution in [3.63, 3.8) is 0 Å². The number of piperidine rings is 1. The van der Waals surface area contributed by atoms with Gasteiger partial charge in [0.05, 0.1) is 0 Å². The van der Waals surface area contributed by atoms with E-state index in [-0.39, 0.29) is 0 Å². The molecule has 1 heteroatoms. The Kier molecular flexibility index (Phi) is 1.88. The van der Waals surface area contributed by atoms with Gasteiger partial charge in [-0.25, -0.2) is 0 Å². The minimum atomic E-state index is 0.444. The van der Waals surface area contributed by atoms with Crippen LogP contribution in [0, 0.1) is 0 Å². The lowest BCUT2D eigenvalue weighted by atomic mass is 9.72. The van der Waals surface area contributed by atoms with E-state index in [2.05, 4.69) is 35.2 Å². The summed E-state index contributed by atoms with van der Waals surface area (Å²) in [7, 11) is 0. The maximum Gasteiger partial charge on any atom is 0.0472 e. The first kappa shape index (κ1) is 8.49. The Bertz CT molecular complexity index is 319. The zero-order valence-corrected chi connectivity index (χ0v) is 8.58. The van der Waals surface area contributed by atoms with Gasteiger partial charge < -0.3 is 0 Å². The molecule has 1 aromatic carbocycles. The fourth-order valence-electron chi connectivity index (χ4n) is 3.09. The van der Waals surface area contributed by atoms with Crippen LogP contribution in [-0.4, -0.2) is 18.0 Å². The van der Waals surface area contributed by atoms with Crippen LogP contribution < -0.4 is 0 Å². The predicted octanol–water partition coefficient (Wildman–Crippen LogP) is 2.77. The lowest BCUT2D eigenvalue weighted by Gasteiger charge is -2.56. The Labute approximate surface area is 85.7 Å². The summed E-state index contributed by atoms with van der Waals surface area (Å²) in [6, 6.07) is 11.1. The average molecular weight is 187 g/mol. The Morgan fingerprint density at radius 1 is 0.929 bits per heavy atom. The third-order valence-electron chi connectivity index (χ3n) is 3.98. The summed E-state index contributed by atoms with van der Waals surface area (Å²) in [4.78, 5) is 2.67. The van der Waals surface area contributed by atoms with Crippen molar-refractivity contribution in [3.8, 4) is 0 Å². The van der Waals surface area contributed by atoms with Gasteiger partial charge in [0.25, 0.3) is 0 Å². The van der Waals surface area contributed by atoms with Gasteiger partial charge >= 0.3 is 0 Å². The predicted molar refractivity (Wildman–Crippen MR) is 58.2 cm³/mol. The summed E-state index contributed by atoms with van der Waals surface area (Å²) in [5, 5.41) is 0. The first-order chi connectivity index (χ1) is 6.92. The zero-order chi connectivity index (χ0) is 9.43. The molecule has 0 spiro atoms. The first-order valence-corrected chi connectivity index (χ1v) is 5.72. The van der Waals surface area contributed by atoms with Gasteiger partial charge in [0, 0.05) is 12.1 Å². The van der Waals surface area contributed by atoms with E-state index in [0.717, 1.165) is 0 Å². The van der Waals surface area contributed by atoms with Crippen LogP contribution in [-0.2, 0) is 5.54 Å². The van der Waals surface area contributed by atoms with Gasteiger partial charge in [0.2, 0.25) is 0 Å². The van der Waals surface area contributed by atoms with Crippen LogP contribution in [0.25, 0.3) is 0 Å². The van der Waals surface area contributed by atoms with Crippen molar-refractivity contribution in [2.75, 3.05) is 13.1 Å². The molecule has 0 N–H and O–H groups in total. The highest BCUT2D eigenvalue weighted by Gasteiger charge is 2.46. The monoisotopic (exact) mass is 187 g/mol. The fourth-order valence-corrected chi connectivity index (χ4v) is 3.09. The quantitative estimate of drug-likeness (QED) is 0.653. The molecule has 0 aromatic heterocycles. The van der Waals surface area contributed by atoms with E-state index in [0.29, 0.717) is 5.54 Å². The molecule has 74 valence electrons. The maximum atomic E-state index is 2.67. The second kappa shape index (κ2) is 3.09. The summed E-state index contributed by atoms with van der Waals surface area (Å²) in [5.74, 6) is 0. The van der Waals surface area contributed by atoms with Crippen LogP contribution in [0.5, 0.6) is 0 Å². The van der Waals surface area contributed by atoms with Crippen molar-refractivity contribution in [1.82, 2.24) is 4.90 Å². The van der Waals surface area contributed by atoms with Crippen molar-refractivity contribution in [2.45, 2.75) is 31.2 Å². The maximum absolute atomic E-state index is 2.67. The largest absolute Gasteiger partial charge is 0.293 e. The number of hydrogen-bond donors (Lipinski definition) is 0. The van der Waals surface area contributed by atoms with Gasteiger partial charge in [-0.3, -0.25) is 4.90 Å². The smallest absolute Gasteiger partial charge is 0.0472 e. The van der Waals surface area contributed by atoms with Crippen molar-refractivity contribution in [2.24, 2.45) is 0 Å². The minimum absolute atomic E-state index is 0.444. The third kappa shape index (κ3) is 1.05. The van der Waals surface area contributed by atoms with Crippen LogP contribution >= 0.6 is 0 Å². The SMILES string of the molecule is c1ccc(C23CCCCN2CC3)cc1. The first-order valence-electron chi connectivity index (χ1n) is 5.72. The van der Waals surface area contributed by atoms with Gasteiger partial charge in [-0.15, -0.1) is 0 Å². The Hall–Kier alpha value is -0.820. The molecule has 1 atom stereocenters. The van der Waals surface area contributed by atoms with Crippen LogP contribution in [0.3, 0.4) is 0 Å². The number of fused-ring (bicyclic) bond motifs is 1. The molecule has 1 nitrogen and oxygen atoms in total. The molecule has 1 unspecified atom stereocenters. The van der Waals surface area contributed by atoms with E-state index in [1.807, 2.05) is 0 Å². The summed E-state index contributed by atoms with van der Waals surface area (Å²) < 4.78 is 0. The third-order valence-corrected chi connectivity index (χ3v) is 3.98. The van der Waals surface area contributed by atoms with Gasteiger partial charge in [0.15, 0.2) is 0 Å². The van der Waals surface area contributed by atoms with Crippen molar-refractivity contribution < 1.29 is 0 Å². The van der Waals surface area contributed by atoms with E-state index in [1.165, 1.54) is 38.8 Å². The van der Waals surface area contributed by atoms with Crippen molar-refractivity contribution in [1.29, 1.82) is 0 Å². The standard InChI is InChI=1S/C13H17N/c1-2-6-12(7-3-1)13-8-4-5-10-14(13)11-9-13/h1-3,6-7H,4-5,8-11H2. The van der Waals surface area contributed by atoms with Gasteiger partial charge in [-0.05, 0) is 37.8 Å². The van der Waals surface area contributed by atoms with Gasteiger partial charge in [-0.2, -0.15) is 0 Å². The molecule has 0 aliphatic carbocycles. The van der Waals surface area contributed by atoms with Gasteiger partial charge in [0.1, 0.15) is 0 Å². The highest BCUT2D eigenvalue weighted by molar-refractivity contribution is 5.28. The summed E-state index contributed by atoms with van der Waals surface area (Å²) in [6.45, 7) is 2.63. The molecule has 14 heavy (non-hydrogen) atoms. The van der Waals surface area contributed by atoms with Crippen LogP contribution in [0.2, 0.25) is 0 Å². The lowest BCUT2D eigenvalue weighted by molar-refractivity contribution is -0.0505. The van der Waals surface area contributed by atoms with E-state index in [9.17, 15) is 0 Å². The molecule has 2 fully saturated rings. The number of rotatable bonds is 1. The van der Waals surface area contributed by atoms with E-state index in [4.69, 9.17) is 0 Å². The molecule has 0 bridgehead atoms. The molecule has 2 aliphatic rings. The van der Waals surface area contributed by atoms with E-state index >= 15 is 0 Å². The van der Waals surface area contributed by atoms with E-state index in [1.54, 1.807) is 5.56 Å². The Morgan fingerprint density at radius 2 is 1.79 bits per heavy atom. The highest BCUT2D eigenvalue weighted by Crippen LogP contribution is 2.46. The summed E-state index contributed by atoms with van der Waals surface area (Å²) in [6.07, 6.45) is 5.55. The van der Waals surface area contributed by atoms with Crippen molar-refractivity contribution >= 4 is 0 Å². The molecule has 2 saturated heterocycles. The lowest BCUT2D eigenvalue weighted by Crippen LogP contribution is -2.59. The number of nitrogens with zero attached hydrogens (tertiary/aromatic N) is 1. The molecule has 2 heterocycles. The fraction of sp³-hybridized carbons (Fsp3) is 0.538. The Balaban J connectivity index is 1.96. The number of hydrogen-bond acceptors (Lipinski definition) is 1. The molecule has 0 saturated carbocycles. The number of benzene rings is 1. The highest BCUT2D eigenvalue weighted by atomic mass is 15.3. The Morgan fingerprint density at radius 3 is 2.43 bits per heavy atom. The molecular weight excluding hydrogens is 170 g/mol.